The minimum Gasteiger partial charge on any atom is -0.496 e. The van der Waals surface area contributed by atoms with E-state index in [9.17, 15) is 0 Å². The summed E-state index contributed by atoms with van der Waals surface area (Å²) in [5.41, 5.74) is 2.25. The van der Waals surface area contributed by atoms with Crippen molar-refractivity contribution in [1.29, 1.82) is 0 Å². The standard InChI is InChI=1S/C13H20N2O2/c1-9-6-11(16-2)13(12(7-9)17-3)10-8-14-4-5-15-10/h6-7,10,14-15H,4-5,8H2,1-3H3/t10-/m0/s1. The average Bonchev–Trinajstić information content (AvgIpc) is 2.38. The van der Waals surface area contributed by atoms with Crippen molar-refractivity contribution < 1.29 is 9.47 Å². The molecule has 0 bridgehead atoms. The summed E-state index contributed by atoms with van der Waals surface area (Å²) in [5, 5.41) is 6.86. The number of aryl methyl sites for hydroxylation is 1. The molecule has 2 N–H and O–H groups in total. The molecular weight excluding hydrogens is 216 g/mol. The largest absolute Gasteiger partial charge is 0.496 e. The molecule has 0 radical (unpaired) electrons. The van der Waals surface area contributed by atoms with Gasteiger partial charge in [0.05, 0.1) is 25.8 Å². The second-order valence-corrected chi connectivity index (χ2v) is 4.29. The zero-order valence-electron chi connectivity index (χ0n) is 10.7. The Morgan fingerprint density at radius 1 is 1.12 bits per heavy atom. The van der Waals surface area contributed by atoms with Crippen LogP contribution in [0.15, 0.2) is 12.1 Å². The second-order valence-electron chi connectivity index (χ2n) is 4.29. The number of benzene rings is 1. The summed E-state index contributed by atoms with van der Waals surface area (Å²) in [6, 6.07) is 4.34. The van der Waals surface area contributed by atoms with Crippen molar-refractivity contribution in [2.24, 2.45) is 0 Å². The van der Waals surface area contributed by atoms with E-state index in [2.05, 4.69) is 10.6 Å². The van der Waals surface area contributed by atoms with Gasteiger partial charge in [0.25, 0.3) is 0 Å². The van der Waals surface area contributed by atoms with E-state index in [1.165, 1.54) is 0 Å². The van der Waals surface area contributed by atoms with Crippen molar-refractivity contribution in [1.82, 2.24) is 10.6 Å². The SMILES string of the molecule is COc1cc(C)cc(OC)c1[C@@H]1CNCCN1. The summed E-state index contributed by atoms with van der Waals surface area (Å²) in [5.74, 6) is 1.78. The molecule has 17 heavy (non-hydrogen) atoms. The minimum absolute atomic E-state index is 0.245. The van der Waals surface area contributed by atoms with Crippen LogP contribution in [0.1, 0.15) is 17.2 Å². The highest BCUT2D eigenvalue weighted by molar-refractivity contribution is 5.50. The number of ether oxygens (including phenoxy) is 2. The Kier molecular flexibility index (Phi) is 3.86. The van der Waals surface area contributed by atoms with Crippen LogP contribution >= 0.6 is 0 Å². The van der Waals surface area contributed by atoms with E-state index >= 15 is 0 Å². The molecule has 1 aromatic rings. The maximum Gasteiger partial charge on any atom is 0.127 e. The van der Waals surface area contributed by atoms with Crippen molar-refractivity contribution in [3.63, 3.8) is 0 Å². The van der Waals surface area contributed by atoms with E-state index in [4.69, 9.17) is 9.47 Å². The first-order valence-corrected chi connectivity index (χ1v) is 5.93. The average molecular weight is 236 g/mol. The second kappa shape index (κ2) is 5.38. The molecule has 94 valence electrons. The Morgan fingerprint density at radius 3 is 2.24 bits per heavy atom. The van der Waals surface area contributed by atoms with Crippen LogP contribution in [0.25, 0.3) is 0 Å². The summed E-state index contributed by atoms with van der Waals surface area (Å²) in [6.45, 7) is 4.91. The van der Waals surface area contributed by atoms with Gasteiger partial charge in [-0.25, -0.2) is 0 Å². The highest BCUT2D eigenvalue weighted by atomic mass is 16.5. The van der Waals surface area contributed by atoms with Gasteiger partial charge in [0, 0.05) is 19.6 Å². The van der Waals surface area contributed by atoms with E-state index in [0.717, 1.165) is 42.3 Å². The quantitative estimate of drug-likeness (QED) is 0.829. The van der Waals surface area contributed by atoms with Crippen LogP contribution in [0, 0.1) is 6.92 Å². The lowest BCUT2D eigenvalue weighted by Crippen LogP contribution is -2.42. The number of methoxy groups -OCH3 is 2. The first-order chi connectivity index (χ1) is 8.26. The number of rotatable bonds is 3. The molecule has 1 fully saturated rings. The topological polar surface area (TPSA) is 42.5 Å². The third kappa shape index (κ3) is 2.53. The van der Waals surface area contributed by atoms with Gasteiger partial charge in [-0.1, -0.05) is 0 Å². The first-order valence-electron chi connectivity index (χ1n) is 5.93. The summed E-state index contributed by atoms with van der Waals surface area (Å²) < 4.78 is 10.9. The van der Waals surface area contributed by atoms with Gasteiger partial charge in [0.1, 0.15) is 11.5 Å². The number of piperazine rings is 1. The number of nitrogens with one attached hydrogen (secondary N) is 2. The molecule has 4 heteroatoms. The first kappa shape index (κ1) is 12.2. The fourth-order valence-electron chi connectivity index (χ4n) is 2.27. The molecule has 0 amide bonds. The molecule has 1 aliphatic rings. The molecule has 0 spiro atoms. The lowest BCUT2D eigenvalue weighted by atomic mass is 10.0. The molecule has 0 saturated carbocycles. The summed E-state index contributed by atoms with van der Waals surface area (Å²) in [7, 11) is 3.40. The summed E-state index contributed by atoms with van der Waals surface area (Å²) >= 11 is 0. The van der Waals surface area contributed by atoms with Crippen molar-refractivity contribution >= 4 is 0 Å². The maximum absolute atomic E-state index is 5.47. The van der Waals surface area contributed by atoms with Crippen LogP contribution in [-0.2, 0) is 0 Å². The third-order valence-electron chi connectivity index (χ3n) is 3.08. The molecule has 0 unspecified atom stereocenters. The van der Waals surface area contributed by atoms with E-state index < -0.39 is 0 Å². The van der Waals surface area contributed by atoms with Gasteiger partial charge < -0.3 is 20.1 Å². The molecule has 0 aliphatic carbocycles. The van der Waals surface area contributed by atoms with Crippen LogP contribution in [0.3, 0.4) is 0 Å². The Balaban J connectivity index is 2.41. The Labute approximate surface area is 102 Å². The fraction of sp³-hybridized carbons (Fsp3) is 0.538. The molecule has 1 aliphatic heterocycles. The predicted molar refractivity (Wildman–Crippen MR) is 67.9 cm³/mol. The maximum atomic E-state index is 5.47. The van der Waals surface area contributed by atoms with Gasteiger partial charge in [-0.05, 0) is 24.6 Å². The normalized spacial score (nSPS) is 20.1. The highest BCUT2D eigenvalue weighted by Gasteiger charge is 2.22. The van der Waals surface area contributed by atoms with Gasteiger partial charge >= 0.3 is 0 Å². The molecule has 1 aromatic carbocycles. The molecule has 1 saturated heterocycles. The number of hydrogen-bond donors (Lipinski definition) is 2. The van der Waals surface area contributed by atoms with Crippen molar-refractivity contribution in [3.8, 4) is 11.5 Å². The minimum atomic E-state index is 0.245. The summed E-state index contributed by atoms with van der Waals surface area (Å²) in [6.07, 6.45) is 0. The van der Waals surface area contributed by atoms with E-state index in [-0.39, 0.29) is 6.04 Å². The van der Waals surface area contributed by atoms with Crippen LogP contribution < -0.4 is 20.1 Å². The van der Waals surface area contributed by atoms with Gasteiger partial charge in [-0.2, -0.15) is 0 Å². The number of hydrogen-bond acceptors (Lipinski definition) is 4. The van der Waals surface area contributed by atoms with E-state index in [0.29, 0.717) is 0 Å². The van der Waals surface area contributed by atoms with Crippen molar-refractivity contribution in [3.05, 3.63) is 23.3 Å². The van der Waals surface area contributed by atoms with Crippen molar-refractivity contribution in [2.75, 3.05) is 33.9 Å². The molecule has 1 atom stereocenters. The molecule has 1 heterocycles. The Morgan fingerprint density at radius 2 is 1.76 bits per heavy atom. The van der Waals surface area contributed by atoms with E-state index in [1.807, 2.05) is 19.1 Å². The van der Waals surface area contributed by atoms with E-state index in [1.54, 1.807) is 14.2 Å². The molecular formula is C13H20N2O2. The monoisotopic (exact) mass is 236 g/mol. The van der Waals surface area contributed by atoms with Crippen LogP contribution in [0.2, 0.25) is 0 Å². The van der Waals surface area contributed by atoms with Gasteiger partial charge in [0.2, 0.25) is 0 Å². The van der Waals surface area contributed by atoms with Gasteiger partial charge in [-0.3, -0.25) is 0 Å². The smallest absolute Gasteiger partial charge is 0.127 e. The zero-order chi connectivity index (χ0) is 12.3. The Hall–Kier alpha value is -1.26. The molecule has 2 rings (SSSR count). The van der Waals surface area contributed by atoms with Gasteiger partial charge in [-0.15, -0.1) is 0 Å². The zero-order valence-corrected chi connectivity index (χ0v) is 10.7. The van der Waals surface area contributed by atoms with Crippen LogP contribution in [0.4, 0.5) is 0 Å². The summed E-state index contributed by atoms with van der Waals surface area (Å²) in [4.78, 5) is 0. The molecule has 0 aromatic heterocycles. The fourth-order valence-corrected chi connectivity index (χ4v) is 2.27. The van der Waals surface area contributed by atoms with Crippen LogP contribution in [0.5, 0.6) is 11.5 Å². The Bertz CT molecular complexity index is 362. The van der Waals surface area contributed by atoms with Gasteiger partial charge in [0.15, 0.2) is 0 Å². The lowest BCUT2D eigenvalue weighted by molar-refractivity contribution is 0.354. The third-order valence-corrected chi connectivity index (χ3v) is 3.08. The van der Waals surface area contributed by atoms with Crippen molar-refractivity contribution in [2.45, 2.75) is 13.0 Å². The lowest BCUT2D eigenvalue weighted by Gasteiger charge is -2.27. The van der Waals surface area contributed by atoms with Crippen LogP contribution in [-0.4, -0.2) is 33.9 Å². The highest BCUT2D eigenvalue weighted by Crippen LogP contribution is 2.35. The molecule has 4 nitrogen and oxygen atoms in total. The predicted octanol–water partition coefficient (Wildman–Crippen LogP) is 1.25.